The van der Waals surface area contributed by atoms with Gasteiger partial charge in [-0.25, -0.2) is 12.1 Å². The Morgan fingerprint density at radius 1 is 0.722 bits per heavy atom. The van der Waals surface area contributed by atoms with Crippen LogP contribution >= 0.6 is 0 Å². The Balaban J connectivity index is -0.0000000840. The van der Waals surface area contributed by atoms with E-state index >= 15 is 0 Å². The van der Waals surface area contributed by atoms with Crippen molar-refractivity contribution in [1.82, 2.24) is 0 Å². The minimum Gasteiger partial charge on any atom is -0.668 e. The fraction of sp³-hybridized carbons (Fsp3) is 0.643. The smallest absolute Gasteiger partial charge is 0.668 e. The fourth-order valence-electron chi connectivity index (χ4n) is 0.774. The molecule has 3 nitrogen and oxygen atoms in total. The Morgan fingerprint density at radius 3 is 1.06 bits per heavy atom. The number of hydrogen-bond donors (Lipinski definition) is 0. The Kier molecular flexibility index (Phi) is 38.2. The molecule has 0 amide bonds. The minimum atomic E-state index is 0. The van der Waals surface area contributed by atoms with E-state index in [0.29, 0.717) is 5.92 Å². The average molecular weight is 331 g/mol. The van der Waals surface area contributed by atoms with E-state index in [9.17, 15) is 0 Å². The van der Waals surface area contributed by atoms with E-state index in [2.05, 4.69) is 54.1 Å². The third-order valence-electron chi connectivity index (χ3n) is 1.36. The molecule has 1 rings (SSSR count). The summed E-state index contributed by atoms with van der Waals surface area (Å²) in [6, 6.07) is 8.47. The average Bonchev–Trinajstić information content (AvgIpc) is 2.73. The predicted octanol–water partition coefficient (Wildman–Crippen LogP) is 4.39. The van der Waals surface area contributed by atoms with Gasteiger partial charge in [0.2, 0.25) is 0 Å². The van der Waals surface area contributed by atoms with Gasteiger partial charge in [0.25, 0.3) is 0 Å². The molecule has 104 valence electrons. The van der Waals surface area contributed by atoms with Crippen molar-refractivity contribution in [3.05, 3.63) is 45.8 Å². The van der Waals surface area contributed by atoms with Crippen molar-refractivity contribution in [3.63, 3.8) is 0 Å². The van der Waals surface area contributed by atoms with Gasteiger partial charge in [0.1, 0.15) is 0 Å². The first-order valence-electron chi connectivity index (χ1n) is 5.70. The van der Waals surface area contributed by atoms with Crippen LogP contribution in [0.3, 0.4) is 0 Å². The van der Waals surface area contributed by atoms with E-state index in [-0.39, 0.29) is 26.2 Å². The minimum absolute atomic E-state index is 0. The van der Waals surface area contributed by atoms with E-state index in [0.717, 1.165) is 0 Å². The van der Waals surface area contributed by atoms with Crippen molar-refractivity contribution >= 4 is 0 Å². The van der Waals surface area contributed by atoms with E-state index in [4.69, 9.17) is 0 Å². The van der Waals surface area contributed by atoms with Crippen LogP contribution in [0.5, 0.6) is 0 Å². The van der Waals surface area contributed by atoms with Gasteiger partial charge in [-0.1, -0.05) is 19.8 Å². The molecule has 0 unspecified atom stereocenters. The van der Waals surface area contributed by atoms with Crippen molar-refractivity contribution in [1.29, 1.82) is 0 Å². The second-order valence-electron chi connectivity index (χ2n) is 3.71. The molecule has 0 aliphatic heterocycles. The molecule has 0 aromatic heterocycles. The molecule has 0 heterocycles. The second-order valence-corrected chi connectivity index (χ2v) is 3.71. The third kappa shape index (κ3) is 29.8. The van der Waals surface area contributed by atoms with Gasteiger partial charge in [0.15, 0.2) is 0 Å². The van der Waals surface area contributed by atoms with Crippen LogP contribution in [0, 0.1) is 0 Å². The quantitative estimate of drug-likeness (QED) is 0.686. The van der Waals surface area contributed by atoms with Crippen molar-refractivity contribution in [2.75, 3.05) is 42.3 Å². The van der Waals surface area contributed by atoms with Crippen LogP contribution in [0.4, 0.5) is 0 Å². The maximum absolute atomic E-state index is 3.50. The number of nitrogens with zero attached hydrogens (tertiary/aromatic N) is 3. The van der Waals surface area contributed by atoms with Crippen LogP contribution in [0.15, 0.2) is 24.3 Å². The SMILES string of the molecule is CC(C)[c-]1cccc1.C[N-]C.C[N-]C.C[N-]C.[Zr+4]. The maximum atomic E-state index is 3.50. The summed E-state index contributed by atoms with van der Waals surface area (Å²) in [5.41, 5.74) is 1.44. The summed E-state index contributed by atoms with van der Waals surface area (Å²) in [6.07, 6.45) is 0. The van der Waals surface area contributed by atoms with Crippen LogP contribution in [0.2, 0.25) is 0 Å². The zero-order chi connectivity index (χ0) is 14.1. The van der Waals surface area contributed by atoms with Gasteiger partial charge in [0, 0.05) is 0 Å². The molecule has 0 N–H and O–H groups in total. The molecular weight excluding hydrogens is 301 g/mol. The summed E-state index contributed by atoms with van der Waals surface area (Å²) in [7, 11) is 10.5. The number of hydrogen-bond acceptors (Lipinski definition) is 0. The van der Waals surface area contributed by atoms with Gasteiger partial charge < -0.3 is 16.0 Å². The van der Waals surface area contributed by atoms with Crippen molar-refractivity contribution in [2.24, 2.45) is 0 Å². The molecule has 0 atom stereocenters. The maximum Gasteiger partial charge on any atom is 4.00 e. The van der Waals surface area contributed by atoms with Crippen molar-refractivity contribution in [3.8, 4) is 0 Å². The summed E-state index contributed by atoms with van der Waals surface area (Å²) >= 11 is 0. The molecule has 0 saturated carbocycles. The Labute approximate surface area is 134 Å². The topological polar surface area (TPSA) is 42.3 Å². The second kappa shape index (κ2) is 25.8. The summed E-state index contributed by atoms with van der Waals surface area (Å²) in [6.45, 7) is 4.41. The monoisotopic (exact) mass is 329 g/mol. The van der Waals surface area contributed by atoms with Gasteiger partial charge in [-0.3, -0.25) is 0 Å². The van der Waals surface area contributed by atoms with E-state index in [1.165, 1.54) is 5.56 Å². The molecule has 0 aliphatic rings. The van der Waals surface area contributed by atoms with Crippen LogP contribution in [-0.2, 0) is 26.2 Å². The number of rotatable bonds is 1. The largest absolute Gasteiger partial charge is 4.00 e. The first-order valence-corrected chi connectivity index (χ1v) is 5.70. The zero-order valence-electron chi connectivity index (χ0n) is 13.2. The standard InChI is InChI=1S/C8H11.3C2H6N.Zr/c1-7(2)8-5-3-4-6-8;3*1-3-2;/h3-7H,1-2H3;3*1-2H3;/q4*-1;+4. The summed E-state index contributed by atoms with van der Waals surface area (Å²) < 4.78 is 0. The molecule has 18 heavy (non-hydrogen) atoms. The normalized spacial score (nSPS) is 7.61. The van der Waals surface area contributed by atoms with Gasteiger partial charge in [-0.2, -0.15) is 60.0 Å². The molecule has 0 fully saturated rings. The van der Waals surface area contributed by atoms with Crippen molar-refractivity contribution in [2.45, 2.75) is 19.8 Å². The van der Waals surface area contributed by atoms with Gasteiger partial charge >= 0.3 is 26.2 Å². The Morgan fingerprint density at radius 2 is 0.944 bits per heavy atom. The van der Waals surface area contributed by atoms with Crippen LogP contribution in [0.25, 0.3) is 16.0 Å². The molecule has 1 aromatic carbocycles. The van der Waals surface area contributed by atoms with Gasteiger partial charge in [-0.05, 0) is 0 Å². The molecule has 1 aromatic rings. The molecule has 4 heteroatoms. The Bertz CT molecular complexity index is 182. The van der Waals surface area contributed by atoms with E-state index in [1.807, 2.05) is 0 Å². The summed E-state index contributed by atoms with van der Waals surface area (Å²) in [4.78, 5) is 0. The van der Waals surface area contributed by atoms with Crippen LogP contribution in [-0.4, -0.2) is 42.3 Å². The molecule has 0 bridgehead atoms. The van der Waals surface area contributed by atoms with Crippen molar-refractivity contribution < 1.29 is 26.2 Å². The van der Waals surface area contributed by atoms with Crippen LogP contribution in [0.1, 0.15) is 25.3 Å². The predicted molar refractivity (Wildman–Crippen MR) is 81.7 cm³/mol. The molecule has 0 spiro atoms. The molecule has 0 saturated heterocycles. The van der Waals surface area contributed by atoms with Gasteiger partial charge in [-0.15, -0.1) is 0 Å². The summed E-state index contributed by atoms with van der Waals surface area (Å²) in [5, 5.41) is 10.5. The van der Waals surface area contributed by atoms with E-state index in [1.54, 1.807) is 42.3 Å². The molecule has 0 aliphatic carbocycles. The van der Waals surface area contributed by atoms with Crippen LogP contribution < -0.4 is 0 Å². The Hall–Kier alpha value is 0.113. The van der Waals surface area contributed by atoms with E-state index < -0.39 is 0 Å². The van der Waals surface area contributed by atoms with Gasteiger partial charge in [0.05, 0.1) is 0 Å². The first-order chi connectivity index (χ1) is 8.05. The zero-order valence-corrected chi connectivity index (χ0v) is 15.7. The molecular formula is C14H29N3Zr. The fourth-order valence-corrected chi connectivity index (χ4v) is 0.774. The molecule has 0 radical (unpaired) electrons. The first kappa shape index (κ1) is 26.6. The summed E-state index contributed by atoms with van der Waals surface area (Å²) in [5.74, 6) is 0.685. The third-order valence-corrected chi connectivity index (χ3v) is 1.36.